The van der Waals surface area contributed by atoms with Gasteiger partial charge >= 0.3 is 11.9 Å². The minimum atomic E-state index is -1.40. The van der Waals surface area contributed by atoms with Gasteiger partial charge < -0.3 is 19.1 Å². The predicted octanol–water partition coefficient (Wildman–Crippen LogP) is 4.03. The minimum Gasteiger partial charge on any atom is -0.468 e. The molecule has 1 amide bonds. The van der Waals surface area contributed by atoms with Crippen molar-refractivity contribution in [3.63, 3.8) is 0 Å². The number of benzene rings is 2. The first kappa shape index (κ1) is 27.3. The van der Waals surface area contributed by atoms with E-state index in [1.54, 1.807) is 17.9 Å². The number of halogens is 1. The van der Waals surface area contributed by atoms with Crippen molar-refractivity contribution in [1.82, 2.24) is 4.90 Å². The number of piperidine rings is 1. The van der Waals surface area contributed by atoms with E-state index in [0.717, 1.165) is 24.8 Å². The van der Waals surface area contributed by atoms with Crippen molar-refractivity contribution in [3.05, 3.63) is 71.0 Å². The molecule has 0 aromatic heterocycles. The molecule has 1 heterocycles. The van der Waals surface area contributed by atoms with Crippen molar-refractivity contribution in [1.29, 1.82) is 0 Å². The number of ether oxygens (including phenoxy) is 3. The van der Waals surface area contributed by atoms with Crippen molar-refractivity contribution in [2.75, 3.05) is 33.9 Å². The van der Waals surface area contributed by atoms with Crippen LogP contribution in [0.4, 0.5) is 4.39 Å². The molecule has 8 heteroatoms. The Morgan fingerprint density at radius 3 is 2.17 bits per heavy atom. The van der Waals surface area contributed by atoms with Crippen molar-refractivity contribution >= 4 is 17.8 Å². The highest BCUT2D eigenvalue weighted by molar-refractivity contribution is 5.97. The smallest absolute Gasteiger partial charge is 0.320 e. The molecule has 2 unspecified atom stereocenters. The van der Waals surface area contributed by atoms with Crippen LogP contribution < -0.4 is 0 Å². The SMILES string of the molecule is COC(=O)C(C(=O)OC)C(COCc1ccccc1)C(C(=O)N1CCCCC1)c1ccc(F)cc1C. The van der Waals surface area contributed by atoms with Gasteiger partial charge in [0.15, 0.2) is 5.92 Å². The number of rotatable bonds is 10. The normalized spacial score (nSPS) is 15.3. The first-order valence-corrected chi connectivity index (χ1v) is 12.2. The average molecular weight is 500 g/mol. The summed E-state index contributed by atoms with van der Waals surface area (Å²) in [6, 6.07) is 13.6. The monoisotopic (exact) mass is 499 g/mol. The number of methoxy groups -OCH3 is 2. The molecule has 2 aromatic rings. The summed E-state index contributed by atoms with van der Waals surface area (Å²) in [6.45, 7) is 2.99. The average Bonchev–Trinajstić information content (AvgIpc) is 2.90. The zero-order valence-corrected chi connectivity index (χ0v) is 21.1. The quantitative estimate of drug-likeness (QED) is 0.363. The van der Waals surface area contributed by atoms with Gasteiger partial charge in [-0.25, -0.2) is 4.39 Å². The third-order valence-corrected chi connectivity index (χ3v) is 6.69. The van der Waals surface area contributed by atoms with E-state index in [2.05, 4.69) is 0 Å². The number of hydrogen-bond acceptors (Lipinski definition) is 6. The van der Waals surface area contributed by atoms with Crippen LogP contribution in [0, 0.1) is 24.6 Å². The second-order valence-electron chi connectivity index (χ2n) is 9.05. The molecule has 1 saturated heterocycles. The maximum Gasteiger partial charge on any atom is 0.320 e. The molecule has 0 spiro atoms. The van der Waals surface area contributed by atoms with Crippen LogP contribution in [-0.4, -0.2) is 56.7 Å². The summed E-state index contributed by atoms with van der Waals surface area (Å²) in [4.78, 5) is 41.6. The minimum absolute atomic E-state index is 0.0924. The van der Waals surface area contributed by atoms with E-state index in [-0.39, 0.29) is 19.1 Å². The van der Waals surface area contributed by atoms with Gasteiger partial charge in [0.05, 0.1) is 33.4 Å². The molecule has 3 rings (SSSR count). The lowest BCUT2D eigenvalue weighted by atomic mass is 9.75. The highest BCUT2D eigenvalue weighted by atomic mass is 19.1. The Kier molecular flexibility index (Phi) is 9.99. The van der Waals surface area contributed by atoms with Crippen LogP contribution in [0.1, 0.15) is 41.9 Å². The Bertz CT molecular complexity index is 1020. The van der Waals surface area contributed by atoms with E-state index >= 15 is 0 Å². The summed E-state index contributed by atoms with van der Waals surface area (Å²) in [5.41, 5.74) is 1.99. The second-order valence-corrected chi connectivity index (χ2v) is 9.05. The van der Waals surface area contributed by atoms with Crippen molar-refractivity contribution in [2.45, 2.75) is 38.7 Å². The first-order valence-electron chi connectivity index (χ1n) is 12.2. The van der Waals surface area contributed by atoms with Crippen LogP contribution in [0.3, 0.4) is 0 Å². The summed E-state index contributed by atoms with van der Waals surface area (Å²) < 4.78 is 29.9. The van der Waals surface area contributed by atoms with Gasteiger partial charge in [-0.1, -0.05) is 36.4 Å². The molecule has 0 saturated carbocycles. The van der Waals surface area contributed by atoms with Crippen LogP contribution >= 0.6 is 0 Å². The van der Waals surface area contributed by atoms with Crippen LogP contribution in [0.5, 0.6) is 0 Å². The molecule has 1 aliphatic rings. The van der Waals surface area contributed by atoms with Gasteiger partial charge in [-0.3, -0.25) is 14.4 Å². The van der Waals surface area contributed by atoms with Crippen LogP contribution in [0.15, 0.2) is 48.5 Å². The number of nitrogens with zero attached hydrogens (tertiary/aromatic N) is 1. The number of hydrogen-bond donors (Lipinski definition) is 0. The summed E-state index contributed by atoms with van der Waals surface area (Å²) in [5.74, 6) is -5.57. The Balaban J connectivity index is 2.06. The fraction of sp³-hybridized carbons (Fsp3) is 0.464. The lowest BCUT2D eigenvalue weighted by Gasteiger charge is -2.36. The maximum absolute atomic E-state index is 14.0. The van der Waals surface area contributed by atoms with Gasteiger partial charge in [0.1, 0.15) is 5.82 Å². The molecule has 0 bridgehead atoms. The zero-order chi connectivity index (χ0) is 26.1. The molecule has 2 aromatic carbocycles. The Morgan fingerprint density at radius 2 is 1.58 bits per heavy atom. The molecule has 2 atom stereocenters. The number of likely N-dealkylation sites (tertiary alicyclic amines) is 1. The molecule has 0 aliphatic carbocycles. The molecular weight excluding hydrogens is 465 g/mol. The zero-order valence-electron chi connectivity index (χ0n) is 21.1. The summed E-state index contributed by atoms with van der Waals surface area (Å²) in [6.07, 6.45) is 2.77. The van der Waals surface area contributed by atoms with Gasteiger partial charge in [0.25, 0.3) is 0 Å². The van der Waals surface area contributed by atoms with Gasteiger partial charge in [-0.05, 0) is 55.0 Å². The molecule has 7 nitrogen and oxygen atoms in total. The van der Waals surface area contributed by atoms with E-state index in [4.69, 9.17) is 14.2 Å². The molecule has 194 valence electrons. The molecule has 1 fully saturated rings. The Hall–Kier alpha value is -3.26. The van der Waals surface area contributed by atoms with Gasteiger partial charge in [-0.15, -0.1) is 0 Å². The number of esters is 2. The first-order chi connectivity index (χ1) is 17.4. The van der Waals surface area contributed by atoms with Crippen LogP contribution in [0.25, 0.3) is 0 Å². The Labute approximate surface area is 211 Å². The van der Waals surface area contributed by atoms with E-state index in [1.165, 1.54) is 26.4 Å². The van der Waals surface area contributed by atoms with E-state index in [1.807, 2.05) is 30.3 Å². The largest absolute Gasteiger partial charge is 0.468 e. The van der Waals surface area contributed by atoms with Crippen LogP contribution in [-0.2, 0) is 35.2 Å². The standard InChI is InChI=1S/C28H34FNO6/c1-19-16-21(29)12-13-22(19)24(26(31)30-14-8-5-9-15-30)23(25(27(32)34-2)28(33)35-3)18-36-17-20-10-6-4-7-11-20/h4,6-7,10-13,16,23-25H,5,8-9,14-15,17-18H2,1-3H3. The van der Waals surface area contributed by atoms with E-state index < -0.39 is 35.5 Å². The van der Waals surface area contributed by atoms with Gasteiger partial charge in [0, 0.05) is 19.0 Å². The second kappa shape index (κ2) is 13.2. The summed E-state index contributed by atoms with van der Waals surface area (Å²) in [7, 11) is 2.37. The van der Waals surface area contributed by atoms with E-state index in [0.29, 0.717) is 24.2 Å². The maximum atomic E-state index is 14.0. The molecular formula is C28H34FNO6. The Morgan fingerprint density at radius 1 is 0.944 bits per heavy atom. The molecule has 36 heavy (non-hydrogen) atoms. The van der Waals surface area contributed by atoms with Gasteiger partial charge in [-0.2, -0.15) is 0 Å². The fourth-order valence-corrected chi connectivity index (χ4v) is 4.82. The molecule has 1 aliphatic heterocycles. The third-order valence-electron chi connectivity index (χ3n) is 6.69. The van der Waals surface area contributed by atoms with Crippen molar-refractivity contribution in [3.8, 4) is 0 Å². The lowest BCUT2D eigenvalue weighted by molar-refractivity contribution is -0.164. The third kappa shape index (κ3) is 6.69. The predicted molar refractivity (Wildman–Crippen MR) is 131 cm³/mol. The van der Waals surface area contributed by atoms with Gasteiger partial charge in [0.2, 0.25) is 5.91 Å². The number of carbonyl (C=O) groups is 3. The number of carbonyl (C=O) groups excluding carboxylic acids is 3. The highest BCUT2D eigenvalue weighted by Gasteiger charge is 2.46. The van der Waals surface area contributed by atoms with Crippen molar-refractivity contribution in [2.24, 2.45) is 11.8 Å². The number of amides is 1. The summed E-state index contributed by atoms with van der Waals surface area (Å²) >= 11 is 0. The molecule has 0 N–H and O–H groups in total. The summed E-state index contributed by atoms with van der Waals surface area (Å²) in [5, 5.41) is 0. The number of aryl methyl sites for hydroxylation is 1. The van der Waals surface area contributed by atoms with Crippen molar-refractivity contribution < 1.29 is 33.0 Å². The molecule has 0 radical (unpaired) electrons. The lowest BCUT2D eigenvalue weighted by Crippen LogP contribution is -2.46. The highest BCUT2D eigenvalue weighted by Crippen LogP contribution is 2.37. The topological polar surface area (TPSA) is 82.1 Å². The van der Waals surface area contributed by atoms with Crippen LogP contribution in [0.2, 0.25) is 0 Å². The fourth-order valence-electron chi connectivity index (χ4n) is 4.82. The van der Waals surface area contributed by atoms with E-state index in [9.17, 15) is 18.8 Å².